The van der Waals surface area contributed by atoms with Crippen molar-refractivity contribution < 1.29 is 9.90 Å². The van der Waals surface area contributed by atoms with Gasteiger partial charge in [0.25, 0.3) is 5.56 Å². The van der Waals surface area contributed by atoms with E-state index in [-0.39, 0.29) is 5.56 Å². The van der Waals surface area contributed by atoms with Crippen molar-refractivity contribution in [3.8, 4) is 0 Å². The number of unbranched alkanes of at least 4 members (excludes halogenated alkanes) is 5. The van der Waals surface area contributed by atoms with Gasteiger partial charge in [-0.3, -0.25) is 4.79 Å². The standard InChI is InChI=1S/C14H21NO3/c1-2-3-4-5-6-7-10-15-11-8-9-12(13(15)16)14(17)18/h8-9,11H,2-7,10H2,1H3,(H,17,18). The van der Waals surface area contributed by atoms with Crippen molar-refractivity contribution in [2.24, 2.45) is 0 Å². The van der Waals surface area contributed by atoms with Gasteiger partial charge in [-0.05, 0) is 18.6 Å². The summed E-state index contributed by atoms with van der Waals surface area (Å²) in [6.45, 7) is 2.78. The number of carboxylic acids is 1. The predicted molar refractivity (Wildman–Crippen MR) is 71.0 cm³/mol. The lowest BCUT2D eigenvalue weighted by atomic mass is 10.1. The second-order valence-electron chi connectivity index (χ2n) is 4.49. The van der Waals surface area contributed by atoms with Crippen LogP contribution in [0.1, 0.15) is 55.8 Å². The molecule has 0 amide bonds. The molecule has 1 rings (SSSR count). The molecule has 0 saturated heterocycles. The van der Waals surface area contributed by atoms with Gasteiger partial charge in [0.15, 0.2) is 0 Å². The van der Waals surface area contributed by atoms with Crippen molar-refractivity contribution in [3.63, 3.8) is 0 Å². The number of carbonyl (C=O) groups is 1. The molecule has 0 fully saturated rings. The van der Waals surface area contributed by atoms with Gasteiger partial charge in [-0.15, -0.1) is 0 Å². The first-order valence-corrected chi connectivity index (χ1v) is 6.59. The average molecular weight is 251 g/mol. The Morgan fingerprint density at radius 2 is 1.89 bits per heavy atom. The van der Waals surface area contributed by atoms with Crippen molar-refractivity contribution in [2.45, 2.75) is 52.0 Å². The van der Waals surface area contributed by atoms with E-state index in [1.54, 1.807) is 12.3 Å². The molecule has 0 aromatic carbocycles. The van der Waals surface area contributed by atoms with Crippen LogP contribution in [-0.2, 0) is 6.54 Å². The Morgan fingerprint density at radius 1 is 1.22 bits per heavy atom. The smallest absolute Gasteiger partial charge is 0.341 e. The summed E-state index contributed by atoms with van der Waals surface area (Å²) < 4.78 is 1.49. The van der Waals surface area contributed by atoms with Gasteiger partial charge in [0.2, 0.25) is 0 Å². The van der Waals surface area contributed by atoms with E-state index in [9.17, 15) is 9.59 Å². The quantitative estimate of drug-likeness (QED) is 0.723. The number of aryl methyl sites for hydroxylation is 1. The highest BCUT2D eigenvalue weighted by atomic mass is 16.4. The van der Waals surface area contributed by atoms with Gasteiger partial charge in [0.05, 0.1) is 0 Å². The third-order valence-electron chi connectivity index (χ3n) is 3.00. The molecule has 0 saturated carbocycles. The Bertz CT molecular complexity index is 437. The lowest BCUT2D eigenvalue weighted by Crippen LogP contribution is -2.25. The van der Waals surface area contributed by atoms with Gasteiger partial charge in [0.1, 0.15) is 5.56 Å². The molecule has 18 heavy (non-hydrogen) atoms. The van der Waals surface area contributed by atoms with E-state index >= 15 is 0 Å². The third kappa shape index (κ3) is 4.35. The van der Waals surface area contributed by atoms with Crippen molar-refractivity contribution in [1.82, 2.24) is 4.57 Å². The minimum Gasteiger partial charge on any atom is -0.477 e. The van der Waals surface area contributed by atoms with Gasteiger partial charge >= 0.3 is 5.97 Å². The van der Waals surface area contributed by atoms with Gasteiger partial charge in [-0.1, -0.05) is 39.0 Å². The summed E-state index contributed by atoms with van der Waals surface area (Å²) in [4.78, 5) is 22.6. The van der Waals surface area contributed by atoms with Crippen LogP contribution in [0.25, 0.3) is 0 Å². The summed E-state index contributed by atoms with van der Waals surface area (Å²) in [6, 6.07) is 2.96. The number of hydrogen-bond donors (Lipinski definition) is 1. The van der Waals surface area contributed by atoms with E-state index in [0.717, 1.165) is 12.8 Å². The van der Waals surface area contributed by atoms with Crippen LogP contribution in [0.2, 0.25) is 0 Å². The zero-order chi connectivity index (χ0) is 13.4. The first-order valence-electron chi connectivity index (χ1n) is 6.59. The van der Waals surface area contributed by atoms with E-state index in [4.69, 9.17) is 5.11 Å². The summed E-state index contributed by atoms with van der Waals surface area (Å²) in [6.07, 6.45) is 8.56. The number of aromatic nitrogens is 1. The largest absolute Gasteiger partial charge is 0.477 e. The molecule has 4 heteroatoms. The van der Waals surface area contributed by atoms with Gasteiger partial charge in [0, 0.05) is 12.7 Å². The Morgan fingerprint density at radius 3 is 2.56 bits per heavy atom. The Balaban J connectivity index is 2.46. The maximum Gasteiger partial charge on any atom is 0.341 e. The maximum absolute atomic E-state index is 11.8. The van der Waals surface area contributed by atoms with E-state index in [1.807, 2.05) is 0 Å². The molecule has 4 nitrogen and oxygen atoms in total. The molecule has 0 aliphatic rings. The van der Waals surface area contributed by atoms with Crippen LogP contribution < -0.4 is 5.56 Å². The van der Waals surface area contributed by atoms with Crippen molar-refractivity contribution in [3.05, 3.63) is 34.2 Å². The molecule has 0 spiro atoms. The molecule has 1 heterocycles. The van der Waals surface area contributed by atoms with Crippen molar-refractivity contribution >= 4 is 5.97 Å². The fourth-order valence-corrected chi connectivity index (χ4v) is 1.94. The molecule has 0 bridgehead atoms. The van der Waals surface area contributed by atoms with Gasteiger partial charge in [-0.25, -0.2) is 4.79 Å². The maximum atomic E-state index is 11.8. The normalized spacial score (nSPS) is 10.5. The Kier molecular flexibility index (Phi) is 6.19. The van der Waals surface area contributed by atoms with Gasteiger partial charge < -0.3 is 9.67 Å². The summed E-state index contributed by atoms with van der Waals surface area (Å²) in [7, 11) is 0. The second-order valence-corrected chi connectivity index (χ2v) is 4.49. The van der Waals surface area contributed by atoms with Crippen LogP contribution in [0.4, 0.5) is 0 Å². The topological polar surface area (TPSA) is 59.3 Å². The molecule has 1 aromatic heterocycles. The molecule has 0 atom stereocenters. The van der Waals surface area contributed by atoms with Gasteiger partial charge in [-0.2, -0.15) is 0 Å². The monoisotopic (exact) mass is 251 g/mol. The molecule has 0 aliphatic carbocycles. The summed E-state index contributed by atoms with van der Waals surface area (Å²) in [5, 5.41) is 8.85. The number of carboxylic acid groups (broad SMARTS) is 1. The zero-order valence-electron chi connectivity index (χ0n) is 10.9. The molecule has 1 aromatic rings. The third-order valence-corrected chi connectivity index (χ3v) is 3.00. The number of aromatic carboxylic acids is 1. The molecular weight excluding hydrogens is 230 g/mol. The first-order chi connectivity index (χ1) is 8.66. The highest BCUT2D eigenvalue weighted by molar-refractivity contribution is 5.86. The van der Waals surface area contributed by atoms with E-state index in [2.05, 4.69) is 6.92 Å². The molecule has 0 radical (unpaired) electrons. The van der Waals surface area contributed by atoms with Crippen LogP contribution in [0.15, 0.2) is 23.1 Å². The number of rotatable bonds is 8. The van der Waals surface area contributed by atoms with Crippen LogP contribution >= 0.6 is 0 Å². The van der Waals surface area contributed by atoms with Crippen LogP contribution in [0.3, 0.4) is 0 Å². The van der Waals surface area contributed by atoms with Crippen LogP contribution in [-0.4, -0.2) is 15.6 Å². The summed E-state index contributed by atoms with van der Waals surface area (Å²) in [5.74, 6) is -1.16. The summed E-state index contributed by atoms with van der Waals surface area (Å²) >= 11 is 0. The lowest BCUT2D eigenvalue weighted by molar-refractivity contribution is 0.0694. The highest BCUT2D eigenvalue weighted by Crippen LogP contribution is 2.05. The highest BCUT2D eigenvalue weighted by Gasteiger charge is 2.09. The lowest BCUT2D eigenvalue weighted by Gasteiger charge is -2.06. The fraction of sp³-hybridized carbons (Fsp3) is 0.571. The molecule has 0 aliphatic heterocycles. The minimum atomic E-state index is -1.16. The SMILES string of the molecule is CCCCCCCCn1cccc(C(=O)O)c1=O. The van der Waals surface area contributed by atoms with E-state index < -0.39 is 11.5 Å². The molecule has 1 N–H and O–H groups in total. The fourth-order valence-electron chi connectivity index (χ4n) is 1.94. The van der Waals surface area contributed by atoms with Crippen LogP contribution in [0.5, 0.6) is 0 Å². The summed E-state index contributed by atoms with van der Waals surface area (Å²) in [5.41, 5.74) is -0.554. The zero-order valence-corrected chi connectivity index (χ0v) is 10.9. The van der Waals surface area contributed by atoms with Crippen LogP contribution in [0, 0.1) is 0 Å². The molecule has 100 valence electrons. The van der Waals surface area contributed by atoms with E-state index in [0.29, 0.717) is 6.54 Å². The minimum absolute atomic E-state index is 0.150. The van der Waals surface area contributed by atoms with E-state index in [1.165, 1.54) is 36.3 Å². The molecule has 0 unspecified atom stereocenters. The van der Waals surface area contributed by atoms with Crippen molar-refractivity contribution in [1.29, 1.82) is 0 Å². The Hall–Kier alpha value is -1.58. The predicted octanol–water partition coefficient (Wildman–Crippen LogP) is 2.91. The Labute approximate surface area is 107 Å². The molecular formula is C14H21NO3. The van der Waals surface area contributed by atoms with Crippen molar-refractivity contribution in [2.75, 3.05) is 0 Å². The number of pyridine rings is 1. The number of nitrogens with zero attached hydrogens (tertiary/aromatic N) is 1. The number of hydrogen-bond acceptors (Lipinski definition) is 2. The first kappa shape index (κ1) is 14.5. The average Bonchev–Trinajstić information content (AvgIpc) is 2.35. The second kappa shape index (κ2) is 7.69.